The standard InChI is InChI=1S/C8H12N6O3S/c1-14-5-9-7(13-14)3-11-18(16,17)8-6(4-15)2-10-12-8/h2,5,11,15H,3-4H2,1H3,(H,10,12). The predicted molar refractivity (Wildman–Crippen MR) is 59.5 cm³/mol. The van der Waals surface area contributed by atoms with Gasteiger partial charge in [-0.05, 0) is 0 Å². The molecule has 0 bridgehead atoms. The fourth-order valence-electron chi connectivity index (χ4n) is 1.34. The third kappa shape index (κ3) is 2.55. The average molecular weight is 272 g/mol. The Morgan fingerprint density at radius 3 is 2.94 bits per heavy atom. The number of aromatic amines is 1. The van der Waals surface area contributed by atoms with Gasteiger partial charge < -0.3 is 5.11 Å². The fraction of sp³-hybridized carbons (Fsp3) is 0.375. The maximum atomic E-state index is 11.9. The van der Waals surface area contributed by atoms with Crippen LogP contribution in [0.1, 0.15) is 11.4 Å². The van der Waals surface area contributed by atoms with Gasteiger partial charge in [0.25, 0.3) is 10.0 Å². The first kappa shape index (κ1) is 12.7. The number of hydrogen-bond donors (Lipinski definition) is 3. The van der Waals surface area contributed by atoms with Gasteiger partial charge in [-0.1, -0.05) is 0 Å². The quantitative estimate of drug-likeness (QED) is 0.608. The van der Waals surface area contributed by atoms with Crippen LogP contribution in [-0.2, 0) is 30.2 Å². The van der Waals surface area contributed by atoms with Crippen LogP contribution >= 0.6 is 0 Å². The Bertz CT molecular complexity index is 631. The summed E-state index contributed by atoms with van der Waals surface area (Å²) >= 11 is 0. The number of nitrogens with zero attached hydrogens (tertiary/aromatic N) is 4. The highest BCUT2D eigenvalue weighted by atomic mass is 32.2. The molecule has 0 aliphatic rings. The summed E-state index contributed by atoms with van der Waals surface area (Å²) in [7, 11) is -2.08. The number of aliphatic hydroxyl groups excluding tert-OH is 1. The Hall–Kier alpha value is -1.78. The Morgan fingerprint density at radius 1 is 1.56 bits per heavy atom. The molecule has 2 rings (SSSR count). The van der Waals surface area contributed by atoms with Crippen LogP contribution in [-0.4, -0.2) is 38.5 Å². The maximum absolute atomic E-state index is 11.9. The molecule has 18 heavy (non-hydrogen) atoms. The molecule has 2 aromatic heterocycles. The second-order valence-corrected chi connectivity index (χ2v) is 5.25. The SMILES string of the molecule is Cn1cnc(CNS(=O)(=O)c2[nH]ncc2CO)n1. The molecule has 0 aromatic carbocycles. The van der Waals surface area contributed by atoms with Crippen molar-refractivity contribution in [2.75, 3.05) is 0 Å². The van der Waals surface area contributed by atoms with Gasteiger partial charge in [-0.25, -0.2) is 18.1 Å². The predicted octanol–water partition coefficient (Wildman–Crippen LogP) is -1.49. The lowest BCUT2D eigenvalue weighted by Crippen LogP contribution is -2.25. The minimum atomic E-state index is -3.77. The average Bonchev–Trinajstić information content (AvgIpc) is 2.95. The van der Waals surface area contributed by atoms with E-state index in [4.69, 9.17) is 5.11 Å². The van der Waals surface area contributed by atoms with Gasteiger partial charge in [0.15, 0.2) is 10.9 Å². The fourth-order valence-corrected chi connectivity index (χ4v) is 2.44. The molecular weight excluding hydrogens is 260 g/mol. The van der Waals surface area contributed by atoms with E-state index in [1.165, 1.54) is 17.2 Å². The van der Waals surface area contributed by atoms with Crippen LogP contribution in [0.2, 0.25) is 0 Å². The Balaban J connectivity index is 2.13. The van der Waals surface area contributed by atoms with E-state index in [2.05, 4.69) is 25.0 Å². The van der Waals surface area contributed by atoms with Gasteiger partial charge in [-0.3, -0.25) is 9.78 Å². The number of aliphatic hydroxyl groups is 1. The van der Waals surface area contributed by atoms with Crippen molar-refractivity contribution in [2.24, 2.45) is 7.05 Å². The number of nitrogens with one attached hydrogen (secondary N) is 2. The minimum absolute atomic E-state index is 0.0347. The number of rotatable bonds is 5. The van der Waals surface area contributed by atoms with E-state index in [1.807, 2.05) is 0 Å². The van der Waals surface area contributed by atoms with Crippen molar-refractivity contribution in [3.05, 3.63) is 23.9 Å². The molecule has 10 heteroatoms. The molecular formula is C8H12N6O3S. The summed E-state index contributed by atoms with van der Waals surface area (Å²) < 4.78 is 27.6. The van der Waals surface area contributed by atoms with Crippen molar-refractivity contribution in [1.29, 1.82) is 0 Å². The van der Waals surface area contributed by atoms with Crippen molar-refractivity contribution in [3.8, 4) is 0 Å². The Morgan fingerprint density at radius 2 is 2.33 bits per heavy atom. The van der Waals surface area contributed by atoms with Crippen LogP contribution in [0.3, 0.4) is 0 Å². The molecule has 0 spiro atoms. The molecule has 0 unspecified atom stereocenters. The van der Waals surface area contributed by atoms with Crippen LogP contribution in [0.4, 0.5) is 0 Å². The van der Waals surface area contributed by atoms with E-state index in [1.54, 1.807) is 7.05 Å². The highest BCUT2D eigenvalue weighted by molar-refractivity contribution is 7.89. The molecule has 0 saturated heterocycles. The van der Waals surface area contributed by atoms with Crippen LogP contribution < -0.4 is 4.72 Å². The summed E-state index contributed by atoms with van der Waals surface area (Å²) in [5.41, 5.74) is 0.205. The lowest BCUT2D eigenvalue weighted by atomic mass is 10.4. The van der Waals surface area contributed by atoms with Gasteiger partial charge in [0.1, 0.15) is 6.33 Å². The molecule has 0 saturated carbocycles. The van der Waals surface area contributed by atoms with E-state index >= 15 is 0 Å². The summed E-state index contributed by atoms with van der Waals surface area (Å²) in [6, 6.07) is 0. The van der Waals surface area contributed by atoms with E-state index in [0.29, 0.717) is 5.82 Å². The van der Waals surface area contributed by atoms with Gasteiger partial charge >= 0.3 is 0 Å². The zero-order valence-corrected chi connectivity index (χ0v) is 10.3. The Labute approximate surface area is 103 Å². The first-order chi connectivity index (χ1) is 8.53. The molecule has 2 heterocycles. The first-order valence-electron chi connectivity index (χ1n) is 5.00. The topological polar surface area (TPSA) is 126 Å². The minimum Gasteiger partial charge on any atom is -0.392 e. The molecule has 9 nitrogen and oxygen atoms in total. The first-order valence-corrected chi connectivity index (χ1v) is 6.48. The van der Waals surface area contributed by atoms with E-state index in [9.17, 15) is 8.42 Å². The summed E-state index contributed by atoms with van der Waals surface area (Å²) in [4.78, 5) is 3.89. The highest BCUT2D eigenvalue weighted by Gasteiger charge is 2.20. The van der Waals surface area contributed by atoms with Gasteiger partial charge in [-0.15, -0.1) is 0 Å². The molecule has 2 aromatic rings. The summed E-state index contributed by atoms with van der Waals surface area (Å²) in [6.07, 6.45) is 2.73. The third-order valence-electron chi connectivity index (χ3n) is 2.18. The van der Waals surface area contributed by atoms with Crippen molar-refractivity contribution >= 4 is 10.0 Å². The molecule has 0 radical (unpaired) electrons. The molecule has 3 N–H and O–H groups in total. The van der Waals surface area contributed by atoms with Gasteiger partial charge in [0.2, 0.25) is 0 Å². The van der Waals surface area contributed by atoms with E-state index in [0.717, 1.165) is 0 Å². The van der Waals surface area contributed by atoms with Gasteiger partial charge in [0, 0.05) is 12.6 Å². The number of hydrogen-bond acceptors (Lipinski definition) is 6. The number of aromatic nitrogens is 5. The maximum Gasteiger partial charge on any atom is 0.258 e. The second-order valence-electron chi connectivity index (χ2n) is 3.54. The summed E-state index contributed by atoms with van der Waals surface area (Å²) in [5, 5.41) is 18.7. The molecule has 98 valence electrons. The van der Waals surface area contributed by atoms with Crippen molar-refractivity contribution in [1.82, 2.24) is 29.7 Å². The number of H-pyrrole nitrogens is 1. The van der Waals surface area contributed by atoms with Gasteiger partial charge in [-0.2, -0.15) is 10.2 Å². The molecule has 0 amide bonds. The van der Waals surface area contributed by atoms with Crippen LogP contribution in [0.25, 0.3) is 0 Å². The van der Waals surface area contributed by atoms with Gasteiger partial charge in [0.05, 0.1) is 19.3 Å². The molecule has 0 aliphatic carbocycles. The van der Waals surface area contributed by atoms with Crippen molar-refractivity contribution in [2.45, 2.75) is 18.2 Å². The summed E-state index contributed by atoms with van der Waals surface area (Å²) in [5.74, 6) is 0.353. The smallest absolute Gasteiger partial charge is 0.258 e. The summed E-state index contributed by atoms with van der Waals surface area (Å²) in [6.45, 7) is -0.443. The monoisotopic (exact) mass is 272 g/mol. The Kier molecular flexibility index (Phi) is 3.41. The van der Waals surface area contributed by atoms with Crippen LogP contribution in [0.15, 0.2) is 17.6 Å². The zero-order valence-electron chi connectivity index (χ0n) is 9.53. The molecule has 0 fully saturated rings. The lowest BCUT2D eigenvalue weighted by molar-refractivity contribution is 0.278. The highest BCUT2D eigenvalue weighted by Crippen LogP contribution is 2.11. The second kappa shape index (κ2) is 4.84. The van der Waals surface area contributed by atoms with Crippen LogP contribution in [0, 0.1) is 0 Å². The molecule has 0 aliphatic heterocycles. The van der Waals surface area contributed by atoms with Crippen LogP contribution in [0.5, 0.6) is 0 Å². The van der Waals surface area contributed by atoms with E-state index < -0.39 is 16.6 Å². The number of sulfonamides is 1. The normalized spacial score (nSPS) is 11.9. The lowest BCUT2D eigenvalue weighted by Gasteiger charge is -2.03. The van der Waals surface area contributed by atoms with Crippen molar-refractivity contribution < 1.29 is 13.5 Å². The largest absolute Gasteiger partial charge is 0.392 e. The third-order valence-corrected chi connectivity index (χ3v) is 3.60. The van der Waals surface area contributed by atoms with Crippen molar-refractivity contribution in [3.63, 3.8) is 0 Å². The zero-order chi connectivity index (χ0) is 13.2. The molecule has 0 atom stereocenters. The number of aryl methyl sites for hydroxylation is 1. The van der Waals surface area contributed by atoms with E-state index in [-0.39, 0.29) is 17.1 Å².